The van der Waals surface area contributed by atoms with Crippen LogP contribution in [0.15, 0.2) is 72.8 Å². The van der Waals surface area contributed by atoms with Gasteiger partial charge in [-0.2, -0.15) is 0 Å². The van der Waals surface area contributed by atoms with Gasteiger partial charge in [-0.05, 0) is 0 Å². The molecular formula is C24H27Bi. The summed E-state index contributed by atoms with van der Waals surface area (Å²) in [6, 6.07) is 27.3. The first kappa shape index (κ1) is 18.3. The zero-order valence-corrected chi connectivity index (χ0v) is 19.4. The summed E-state index contributed by atoms with van der Waals surface area (Å²) in [7, 11) is 0. The van der Waals surface area contributed by atoms with Crippen LogP contribution in [0.25, 0.3) is 0 Å². The summed E-state index contributed by atoms with van der Waals surface area (Å²) in [5, 5.41) is 0. The van der Waals surface area contributed by atoms with E-state index in [2.05, 4.69) is 107 Å². The van der Waals surface area contributed by atoms with E-state index in [0.717, 1.165) is 0 Å². The molecule has 25 heavy (non-hydrogen) atoms. The Balaban J connectivity index is 2.23. The molecule has 0 aliphatic rings. The first-order valence-corrected chi connectivity index (χ1v) is 14.1. The van der Waals surface area contributed by atoms with Gasteiger partial charge in [0.15, 0.2) is 0 Å². The zero-order valence-electron chi connectivity index (χ0n) is 15.9. The first-order chi connectivity index (χ1) is 11.9. The Morgan fingerprint density at radius 1 is 0.640 bits per heavy atom. The van der Waals surface area contributed by atoms with Crippen molar-refractivity contribution in [2.75, 3.05) is 0 Å². The molecule has 0 heterocycles. The first-order valence-electron chi connectivity index (χ1n) is 8.90. The van der Waals surface area contributed by atoms with Gasteiger partial charge in [-0.25, -0.2) is 0 Å². The zero-order chi connectivity index (χ0) is 18.0. The van der Waals surface area contributed by atoms with Crippen LogP contribution in [0, 0.1) is 13.8 Å². The van der Waals surface area contributed by atoms with Gasteiger partial charge in [0.1, 0.15) is 0 Å². The standard InChI is InChI=1S/C12H17.2C6H5.Bi/c1-9-7-6-8-11(10(9)2)12(3,4)5;2*1-2-4-6-5-3-1;/h7-8H,1-5H3;2*1-5H;. The SMILES string of the molecule is Cc1c[c]([Bi]([c]2ccccc2)[c]2ccccc2)cc(C(C)(C)C)c1C. The Hall–Kier alpha value is -1.46. The fraction of sp³-hybridized carbons (Fsp3) is 0.250. The van der Waals surface area contributed by atoms with E-state index < -0.39 is 21.8 Å². The van der Waals surface area contributed by atoms with Gasteiger partial charge in [-0.1, -0.05) is 0 Å². The topological polar surface area (TPSA) is 0 Å². The van der Waals surface area contributed by atoms with Gasteiger partial charge in [0.25, 0.3) is 0 Å². The molecular weight excluding hydrogens is 497 g/mol. The second kappa shape index (κ2) is 7.42. The number of rotatable bonds is 3. The van der Waals surface area contributed by atoms with E-state index in [1.165, 1.54) is 16.7 Å². The van der Waals surface area contributed by atoms with Crippen molar-refractivity contribution in [2.24, 2.45) is 0 Å². The molecule has 0 amide bonds. The fourth-order valence-corrected chi connectivity index (χ4v) is 12.7. The van der Waals surface area contributed by atoms with Gasteiger partial charge in [-0.3, -0.25) is 0 Å². The maximum absolute atomic E-state index is 2.51. The summed E-state index contributed by atoms with van der Waals surface area (Å²) in [5.74, 6) is 0. The second-order valence-corrected chi connectivity index (χ2v) is 16.3. The molecule has 0 aliphatic carbocycles. The van der Waals surface area contributed by atoms with Crippen LogP contribution in [0.2, 0.25) is 0 Å². The van der Waals surface area contributed by atoms with Crippen LogP contribution in [-0.4, -0.2) is 21.8 Å². The Kier molecular flexibility index (Phi) is 5.44. The van der Waals surface area contributed by atoms with Crippen molar-refractivity contribution < 1.29 is 0 Å². The van der Waals surface area contributed by atoms with Gasteiger partial charge >= 0.3 is 161 Å². The molecule has 0 atom stereocenters. The van der Waals surface area contributed by atoms with Gasteiger partial charge in [-0.15, -0.1) is 0 Å². The van der Waals surface area contributed by atoms with Crippen LogP contribution < -0.4 is 9.81 Å². The Labute approximate surface area is 160 Å². The van der Waals surface area contributed by atoms with E-state index in [1.54, 1.807) is 9.81 Å². The van der Waals surface area contributed by atoms with Crippen molar-refractivity contribution in [2.45, 2.75) is 40.0 Å². The van der Waals surface area contributed by atoms with Gasteiger partial charge in [0.05, 0.1) is 0 Å². The molecule has 0 N–H and O–H groups in total. The molecule has 0 fully saturated rings. The minimum absolute atomic E-state index is 0.174. The van der Waals surface area contributed by atoms with E-state index in [-0.39, 0.29) is 5.41 Å². The molecule has 1 heteroatoms. The van der Waals surface area contributed by atoms with Crippen LogP contribution in [0.5, 0.6) is 0 Å². The van der Waals surface area contributed by atoms with E-state index >= 15 is 0 Å². The van der Waals surface area contributed by atoms with Crippen molar-refractivity contribution in [3.8, 4) is 0 Å². The van der Waals surface area contributed by atoms with Gasteiger partial charge < -0.3 is 0 Å². The Morgan fingerprint density at radius 3 is 1.56 bits per heavy atom. The summed E-state index contributed by atoms with van der Waals surface area (Å²) in [6.07, 6.45) is 0. The molecule has 0 radical (unpaired) electrons. The van der Waals surface area contributed by atoms with Crippen molar-refractivity contribution in [1.82, 2.24) is 0 Å². The van der Waals surface area contributed by atoms with Crippen molar-refractivity contribution in [3.63, 3.8) is 0 Å². The molecule has 3 aromatic carbocycles. The number of hydrogen-bond acceptors (Lipinski definition) is 0. The van der Waals surface area contributed by atoms with Crippen molar-refractivity contribution >= 4 is 31.6 Å². The van der Waals surface area contributed by atoms with E-state index in [0.29, 0.717) is 0 Å². The minimum atomic E-state index is -2.26. The van der Waals surface area contributed by atoms with Crippen molar-refractivity contribution in [3.05, 3.63) is 89.5 Å². The Morgan fingerprint density at radius 2 is 1.12 bits per heavy atom. The number of aryl methyl sites for hydroxylation is 1. The van der Waals surface area contributed by atoms with Crippen LogP contribution in [0.4, 0.5) is 0 Å². The average molecular weight is 524 g/mol. The molecule has 0 nitrogen and oxygen atoms in total. The molecule has 0 saturated carbocycles. The molecule has 3 rings (SSSR count). The molecule has 128 valence electrons. The van der Waals surface area contributed by atoms with E-state index in [1.807, 2.05) is 0 Å². The molecule has 0 aliphatic heterocycles. The maximum atomic E-state index is 2.51. The third-order valence-corrected chi connectivity index (χ3v) is 14.1. The van der Waals surface area contributed by atoms with Crippen molar-refractivity contribution in [1.29, 1.82) is 0 Å². The van der Waals surface area contributed by atoms with Gasteiger partial charge in [0, 0.05) is 0 Å². The normalized spacial score (nSPS) is 11.8. The van der Waals surface area contributed by atoms with Crippen LogP contribution in [0.3, 0.4) is 0 Å². The average Bonchev–Trinajstić information content (AvgIpc) is 2.59. The summed E-state index contributed by atoms with van der Waals surface area (Å²) >= 11 is -2.26. The number of hydrogen-bond donors (Lipinski definition) is 0. The van der Waals surface area contributed by atoms with Crippen LogP contribution in [-0.2, 0) is 5.41 Å². The predicted octanol–water partition coefficient (Wildman–Crippen LogP) is 4.12. The third-order valence-electron chi connectivity index (χ3n) is 4.75. The van der Waals surface area contributed by atoms with E-state index in [4.69, 9.17) is 0 Å². The quantitative estimate of drug-likeness (QED) is 0.453. The predicted molar refractivity (Wildman–Crippen MR) is 112 cm³/mol. The fourth-order valence-electron chi connectivity index (χ4n) is 3.35. The monoisotopic (exact) mass is 524 g/mol. The Bertz CT molecular complexity index is 803. The second-order valence-electron chi connectivity index (χ2n) is 7.69. The summed E-state index contributed by atoms with van der Waals surface area (Å²) < 4.78 is 4.68. The van der Waals surface area contributed by atoms with Crippen LogP contribution >= 0.6 is 0 Å². The summed E-state index contributed by atoms with van der Waals surface area (Å²) in [5.41, 5.74) is 4.54. The molecule has 0 saturated heterocycles. The molecule has 0 bridgehead atoms. The number of benzene rings is 3. The molecule has 0 unspecified atom stereocenters. The summed E-state index contributed by atoms with van der Waals surface area (Å²) in [4.78, 5) is 0. The van der Waals surface area contributed by atoms with E-state index in [9.17, 15) is 0 Å². The summed E-state index contributed by atoms with van der Waals surface area (Å²) in [6.45, 7) is 11.5. The molecule has 3 aromatic rings. The third kappa shape index (κ3) is 4.04. The molecule has 0 spiro atoms. The van der Waals surface area contributed by atoms with Crippen LogP contribution in [0.1, 0.15) is 37.5 Å². The van der Waals surface area contributed by atoms with Gasteiger partial charge in [0.2, 0.25) is 0 Å². The molecule has 0 aromatic heterocycles.